The van der Waals surface area contributed by atoms with E-state index in [2.05, 4.69) is 10.2 Å². The van der Waals surface area contributed by atoms with Crippen LogP contribution in [0.4, 0.5) is 4.39 Å². The van der Waals surface area contributed by atoms with Crippen LogP contribution in [0.3, 0.4) is 0 Å². The first kappa shape index (κ1) is 18.8. The van der Waals surface area contributed by atoms with E-state index in [1.165, 1.54) is 0 Å². The molecule has 1 heterocycles. The average molecular weight is 335 g/mol. The molecule has 0 amide bonds. The van der Waals surface area contributed by atoms with E-state index < -0.39 is 6.67 Å². The van der Waals surface area contributed by atoms with Gasteiger partial charge in [0.05, 0.1) is 27.4 Å². The molecular weight excluding hydrogens is 311 g/mol. The lowest BCUT2D eigenvalue weighted by Gasteiger charge is -2.34. The summed E-state index contributed by atoms with van der Waals surface area (Å²) >= 11 is 0. The Balaban J connectivity index is 0.00000242. The SMILES string of the molecule is COc1ccc([C@@H](CF)N2CCNCC2)c(OC)c1OC.Cl. The highest BCUT2D eigenvalue weighted by Crippen LogP contribution is 2.43. The van der Waals surface area contributed by atoms with Crippen LogP contribution in [-0.4, -0.2) is 59.1 Å². The maximum atomic E-state index is 13.7. The molecule has 1 aromatic carbocycles. The molecule has 0 radical (unpaired) electrons. The van der Waals surface area contributed by atoms with Crippen LogP contribution in [0.2, 0.25) is 0 Å². The quantitative estimate of drug-likeness (QED) is 0.862. The summed E-state index contributed by atoms with van der Waals surface area (Å²) in [6.07, 6.45) is 0. The van der Waals surface area contributed by atoms with Gasteiger partial charge in [-0.1, -0.05) is 0 Å². The Morgan fingerprint density at radius 2 is 1.73 bits per heavy atom. The minimum absolute atomic E-state index is 0. The Kier molecular flexibility index (Phi) is 7.72. The topological polar surface area (TPSA) is 43.0 Å². The molecule has 1 aromatic rings. The summed E-state index contributed by atoms with van der Waals surface area (Å²) in [6.45, 7) is 2.89. The number of hydrogen-bond donors (Lipinski definition) is 1. The second-order valence-electron chi connectivity index (χ2n) is 4.88. The normalized spacial score (nSPS) is 16.5. The van der Waals surface area contributed by atoms with Gasteiger partial charge in [0, 0.05) is 31.7 Å². The second kappa shape index (κ2) is 9.02. The second-order valence-corrected chi connectivity index (χ2v) is 4.88. The van der Waals surface area contributed by atoms with Crippen LogP contribution in [0.1, 0.15) is 11.6 Å². The predicted molar refractivity (Wildman–Crippen MR) is 86.5 cm³/mol. The van der Waals surface area contributed by atoms with Crippen LogP contribution in [-0.2, 0) is 0 Å². The summed E-state index contributed by atoms with van der Waals surface area (Å²) in [4.78, 5) is 2.13. The molecule has 1 aliphatic rings. The third-order valence-corrected chi connectivity index (χ3v) is 3.83. The monoisotopic (exact) mass is 334 g/mol. The summed E-state index contributed by atoms with van der Waals surface area (Å²) in [5.41, 5.74) is 0.791. The van der Waals surface area contributed by atoms with Gasteiger partial charge in [-0.05, 0) is 12.1 Å². The standard InChI is InChI=1S/C15H23FN2O3.ClH/c1-19-13-5-4-11(14(20-2)15(13)21-3)12(10-16)18-8-6-17-7-9-18;/h4-5,12,17H,6-10H2,1-3H3;1H/t12-;/m1./s1. The number of hydrogen-bond acceptors (Lipinski definition) is 5. The molecule has 1 atom stereocenters. The lowest BCUT2D eigenvalue weighted by Crippen LogP contribution is -2.45. The van der Waals surface area contributed by atoms with E-state index >= 15 is 0 Å². The first-order valence-corrected chi connectivity index (χ1v) is 7.06. The molecular formula is C15H24ClFN2O3. The van der Waals surface area contributed by atoms with Gasteiger partial charge in [-0.2, -0.15) is 0 Å². The minimum atomic E-state index is -0.466. The molecule has 2 rings (SSSR count). The maximum Gasteiger partial charge on any atom is 0.203 e. The lowest BCUT2D eigenvalue weighted by molar-refractivity contribution is 0.144. The molecule has 1 saturated heterocycles. The zero-order chi connectivity index (χ0) is 15.2. The summed E-state index contributed by atoms with van der Waals surface area (Å²) in [5, 5.41) is 3.27. The number of benzene rings is 1. The van der Waals surface area contributed by atoms with Crippen LogP contribution >= 0.6 is 12.4 Å². The summed E-state index contributed by atoms with van der Waals surface area (Å²) < 4.78 is 29.8. The number of ether oxygens (including phenoxy) is 3. The Morgan fingerprint density at radius 1 is 1.09 bits per heavy atom. The van der Waals surface area contributed by atoms with Gasteiger partial charge in [0.1, 0.15) is 6.67 Å². The third kappa shape index (κ3) is 3.74. The molecule has 5 nitrogen and oxygen atoms in total. The van der Waals surface area contributed by atoms with Crippen molar-refractivity contribution in [3.05, 3.63) is 17.7 Å². The number of halogens is 2. The molecule has 0 bridgehead atoms. The zero-order valence-corrected chi connectivity index (χ0v) is 14.0. The molecule has 0 saturated carbocycles. The molecule has 0 spiro atoms. The van der Waals surface area contributed by atoms with Gasteiger partial charge >= 0.3 is 0 Å². The predicted octanol–water partition coefficient (Wildman–Crippen LogP) is 2.05. The largest absolute Gasteiger partial charge is 0.493 e. The van der Waals surface area contributed by atoms with Crippen molar-refractivity contribution in [2.75, 3.05) is 54.2 Å². The molecule has 0 aliphatic carbocycles. The first-order chi connectivity index (χ1) is 10.3. The van der Waals surface area contributed by atoms with Crippen LogP contribution < -0.4 is 19.5 Å². The molecule has 1 fully saturated rings. The Morgan fingerprint density at radius 3 is 2.23 bits per heavy atom. The maximum absolute atomic E-state index is 13.7. The smallest absolute Gasteiger partial charge is 0.203 e. The van der Waals surface area contributed by atoms with Crippen molar-refractivity contribution >= 4 is 12.4 Å². The van der Waals surface area contributed by atoms with Crippen molar-refractivity contribution in [1.82, 2.24) is 10.2 Å². The van der Waals surface area contributed by atoms with Gasteiger partial charge in [-0.15, -0.1) is 12.4 Å². The van der Waals surface area contributed by atoms with E-state index in [0.29, 0.717) is 17.2 Å². The van der Waals surface area contributed by atoms with Gasteiger partial charge in [-0.25, -0.2) is 4.39 Å². The van der Waals surface area contributed by atoms with Gasteiger partial charge in [0.15, 0.2) is 11.5 Å². The number of methoxy groups -OCH3 is 3. The van der Waals surface area contributed by atoms with E-state index in [1.54, 1.807) is 27.4 Å². The van der Waals surface area contributed by atoms with Crippen molar-refractivity contribution in [3.8, 4) is 17.2 Å². The van der Waals surface area contributed by atoms with Crippen LogP contribution in [0.5, 0.6) is 17.2 Å². The summed E-state index contributed by atoms with van der Waals surface area (Å²) in [6, 6.07) is 3.32. The number of rotatable bonds is 6. The van der Waals surface area contributed by atoms with Crippen molar-refractivity contribution in [2.45, 2.75) is 6.04 Å². The molecule has 22 heavy (non-hydrogen) atoms. The fourth-order valence-corrected chi connectivity index (χ4v) is 2.76. The third-order valence-electron chi connectivity index (χ3n) is 3.83. The van der Waals surface area contributed by atoms with Gasteiger partial charge < -0.3 is 19.5 Å². The summed E-state index contributed by atoms with van der Waals surface area (Å²) in [5.74, 6) is 1.63. The highest BCUT2D eigenvalue weighted by atomic mass is 35.5. The molecule has 1 aliphatic heterocycles. The Hall–Kier alpha value is -1.24. The molecule has 0 unspecified atom stereocenters. The van der Waals surface area contributed by atoms with E-state index in [4.69, 9.17) is 14.2 Å². The van der Waals surface area contributed by atoms with Gasteiger partial charge in [0.25, 0.3) is 0 Å². The van der Waals surface area contributed by atoms with E-state index in [1.807, 2.05) is 6.07 Å². The number of piperazine rings is 1. The number of alkyl halides is 1. The first-order valence-electron chi connectivity index (χ1n) is 7.06. The van der Waals surface area contributed by atoms with E-state index in [0.717, 1.165) is 31.7 Å². The zero-order valence-electron chi connectivity index (χ0n) is 13.2. The van der Waals surface area contributed by atoms with E-state index in [-0.39, 0.29) is 18.4 Å². The highest BCUT2D eigenvalue weighted by molar-refractivity contribution is 5.85. The number of nitrogens with zero attached hydrogens (tertiary/aromatic N) is 1. The molecule has 1 N–H and O–H groups in total. The summed E-state index contributed by atoms with van der Waals surface area (Å²) in [7, 11) is 4.69. The van der Waals surface area contributed by atoms with Crippen molar-refractivity contribution in [1.29, 1.82) is 0 Å². The molecule has 126 valence electrons. The lowest BCUT2D eigenvalue weighted by atomic mass is 10.0. The van der Waals surface area contributed by atoms with Gasteiger partial charge in [0.2, 0.25) is 5.75 Å². The van der Waals surface area contributed by atoms with Crippen molar-refractivity contribution < 1.29 is 18.6 Å². The van der Waals surface area contributed by atoms with Crippen LogP contribution in [0.15, 0.2) is 12.1 Å². The van der Waals surface area contributed by atoms with Gasteiger partial charge in [-0.3, -0.25) is 4.90 Å². The highest BCUT2D eigenvalue weighted by Gasteiger charge is 2.27. The fraction of sp³-hybridized carbons (Fsp3) is 0.600. The fourth-order valence-electron chi connectivity index (χ4n) is 2.76. The number of nitrogens with one attached hydrogen (secondary N) is 1. The van der Waals surface area contributed by atoms with Crippen molar-refractivity contribution in [2.24, 2.45) is 0 Å². The van der Waals surface area contributed by atoms with Crippen molar-refractivity contribution in [3.63, 3.8) is 0 Å². The van der Waals surface area contributed by atoms with E-state index in [9.17, 15) is 4.39 Å². The minimum Gasteiger partial charge on any atom is -0.493 e. The molecule has 0 aromatic heterocycles. The van der Waals surface area contributed by atoms with Crippen LogP contribution in [0, 0.1) is 0 Å². The average Bonchev–Trinajstić information content (AvgIpc) is 2.55. The Bertz CT molecular complexity index is 470. The molecule has 7 heteroatoms. The van der Waals surface area contributed by atoms with Crippen LogP contribution in [0.25, 0.3) is 0 Å². The Labute approximate surface area is 137 Å².